The first kappa shape index (κ1) is 26.8. The number of benzene rings is 4. The number of anilines is 1. The first-order valence-corrected chi connectivity index (χ1v) is 13.6. The normalized spacial score (nSPS) is 12.9. The third kappa shape index (κ3) is 6.56. The minimum absolute atomic E-state index is 0.0846. The maximum absolute atomic E-state index is 13.1. The van der Waals surface area contributed by atoms with Crippen LogP contribution in [0.4, 0.5) is 5.69 Å². The number of ether oxygens (including phenoxy) is 1. The molecule has 0 spiro atoms. The molecular weight excluding hydrogens is 504 g/mol. The maximum Gasteiger partial charge on any atom is 0.337 e. The first-order valence-electron chi connectivity index (χ1n) is 12.1. The Hall–Kier alpha value is -4.21. The molecule has 0 aromatic heterocycles. The average Bonchev–Trinajstić information content (AvgIpc) is 2.92. The third-order valence-corrected chi connectivity index (χ3v) is 7.31. The molecule has 3 N–H and O–H groups in total. The van der Waals surface area contributed by atoms with Gasteiger partial charge < -0.3 is 15.2 Å². The lowest BCUT2D eigenvalue weighted by Crippen LogP contribution is -2.48. The SMILES string of the molecule is CCOC(=O)C(O)C(Cc1ccccc1)NC(=O)c1cccc(NS(=O)(=O)c2ccc3ccccc3c2)c1. The lowest BCUT2D eigenvalue weighted by atomic mass is 10.0. The van der Waals surface area contributed by atoms with Crippen molar-refractivity contribution in [3.63, 3.8) is 0 Å². The molecular formula is C29H28N2O6S. The highest BCUT2D eigenvalue weighted by Gasteiger charge is 2.29. The van der Waals surface area contributed by atoms with Gasteiger partial charge >= 0.3 is 5.97 Å². The third-order valence-electron chi connectivity index (χ3n) is 5.93. The minimum Gasteiger partial charge on any atom is -0.464 e. The molecule has 9 heteroatoms. The van der Waals surface area contributed by atoms with E-state index >= 15 is 0 Å². The molecule has 196 valence electrons. The van der Waals surface area contributed by atoms with Crippen molar-refractivity contribution in [2.24, 2.45) is 0 Å². The van der Waals surface area contributed by atoms with Crippen LogP contribution in [0.25, 0.3) is 10.8 Å². The van der Waals surface area contributed by atoms with E-state index in [4.69, 9.17) is 4.74 Å². The molecule has 0 aliphatic carbocycles. The molecule has 0 aliphatic rings. The van der Waals surface area contributed by atoms with Crippen molar-refractivity contribution < 1.29 is 27.9 Å². The highest BCUT2D eigenvalue weighted by Crippen LogP contribution is 2.22. The van der Waals surface area contributed by atoms with Crippen molar-refractivity contribution in [3.8, 4) is 0 Å². The molecule has 1 amide bonds. The van der Waals surface area contributed by atoms with Crippen LogP contribution in [0.3, 0.4) is 0 Å². The van der Waals surface area contributed by atoms with Gasteiger partial charge in [0.05, 0.1) is 17.5 Å². The number of hydrogen-bond acceptors (Lipinski definition) is 6. The van der Waals surface area contributed by atoms with Crippen molar-refractivity contribution >= 4 is 38.4 Å². The number of carbonyl (C=O) groups is 2. The fourth-order valence-electron chi connectivity index (χ4n) is 4.03. The van der Waals surface area contributed by atoms with Gasteiger partial charge in [0.15, 0.2) is 6.10 Å². The predicted octanol–water partition coefficient (Wildman–Crippen LogP) is 3.91. The number of esters is 1. The fourth-order valence-corrected chi connectivity index (χ4v) is 5.11. The molecule has 0 fully saturated rings. The van der Waals surface area contributed by atoms with Gasteiger partial charge in [-0.1, -0.05) is 66.7 Å². The van der Waals surface area contributed by atoms with Crippen LogP contribution in [0.15, 0.2) is 102 Å². The second kappa shape index (κ2) is 11.9. The molecule has 0 bridgehead atoms. The zero-order valence-electron chi connectivity index (χ0n) is 20.7. The molecule has 0 saturated carbocycles. The molecule has 4 aromatic carbocycles. The summed E-state index contributed by atoms with van der Waals surface area (Å²) in [6, 6.07) is 26.4. The number of amides is 1. The number of hydrogen-bond donors (Lipinski definition) is 3. The highest BCUT2D eigenvalue weighted by atomic mass is 32.2. The summed E-state index contributed by atoms with van der Waals surface area (Å²) >= 11 is 0. The molecule has 2 atom stereocenters. The van der Waals surface area contributed by atoms with Gasteiger partial charge in [0.1, 0.15) is 0 Å². The van der Waals surface area contributed by atoms with E-state index in [0.717, 1.165) is 16.3 Å². The van der Waals surface area contributed by atoms with E-state index in [1.54, 1.807) is 25.1 Å². The van der Waals surface area contributed by atoms with Crippen molar-refractivity contribution in [3.05, 3.63) is 108 Å². The summed E-state index contributed by atoms with van der Waals surface area (Å²) in [5, 5.41) is 15.0. The van der Waals surface area contributed by atoms with Crippen molar-refractivity contribution in [2.45, 2.75) is 30.4 Å². The molecule has 38 heavy (non-hydrogen) atoms. The van der Waals surface area contributed by atoms with Gasteiger partial charge in [0.2, 0.25) is 0 Å². The Labute approximate surface area is 221 Å². The van der Waals surface area contributed by atoms with Crippen LogP contribution in [0, 0.1) is 0 Å². The topological polar surface area (TPSA) is 122 Å². The summed E-state index contributed by atoms with van der Waals surface area (Å²) in [5.74, 6) is -1.42. The van der Waals surface area contributed by atoms with E-state index in [9.17, 15) is 23.1 Å². The van der Waals surface area contributed by atoms with E-state index in [1.807, 2.05) is 54.6 Å². The Morgan fingerprint density at radius 3 is 2.32 bits per heavy atom. The molecule has 2 unspecified atom stereocenters. The van der Waals surface area contributed by atoms with E-state index in [2.05, 4.69) is 10.0 Å². The Morgan fingerprint density at radius 1 is 0.868 bits per heavy atom. The van der Waals surface area contributed by atoms with Gasteiger partial charge in [0, 0.05) is 11.3 Å². The zero-order chi connectivity index (χ0) is 27.1. The number of rotatable bonds is 10. The van der Waals surface area contributed by atoms with Crippen LogP contribution in [-0.2, 0) is 26.0 Å². The Bertz CT molecular complexity index is 1540. The summed E-state index contributed by atoms with van der Waals surface area (Å²) in [6.45, 7) is 1.71. The van der Waals surface area contributed by atoms with Crippen LogP contribution in [-0.4, -0.2) is 44.2 Å². The van der Waals surface area contributed by atoms with Gasteiger partial charge in [-0.2, -0.15) is 0 Å². The number of aliphatic hydroxyl groups excluding tert-OH is 1. The average molecular weight is 533 g/mol. The van der Waals surface area contributed by atoms with Crippen molar-refractivity contribution in [1.29, 1.82) is 0 Å². The number of sulfonamides is 1. The quantitative estimate of drug-likeness (QED) is 0.266. The molecule has 0 saturated heterocycles. The first-order chi connectivity index (χ1) is 18.3. The van der Waals surface area contributed by atoms with Gasteiger partial charge in [-0.25, -0.2) is 13.2 Å². The maximum atomic E-state index is 13.1. The van der Waals surface area contributed by atoms with Gasteiger partial charge in [-0.3, -0.25) is 9.52 Å². The summed E-state index contributed by atoms with van der Waals surface area (Å²) in [7, 11) is -3.92. The second-order valence-electron chi connectivity index (χ2n) is 8.66. The van der Waals surface area contributed by atoms with Crippen molar-refractivity contribution in [1.82, 2.24) is 5.32 Å². The summed E-state index contributed by atoms with van der Waals surface area (Å²) in [5.41, 5.74) is 1.15. The lowest BCUT2D eigenvalue weighted by molar-refractivity contribution is -0.154. The zero-order valence-corrected chi connectivity index (χ0v) is 21.5. The number of carbonyl (C=O) groups excluding carboxylic acids is 2. The highest BCUT2D eigenvalue weighted by molar-refractivity contribution is 7.92. The van der Waals surface area contributed by atoms with Crippen LogP contribution in [0.2, 0.25) is 0 Å². The van der Waals surface area contributed by atoms with Gasteiger partial charge in [-0.15, -0.1) is 0 Å². The Balaban J connectivity index is 1.53. The smallest absolute Gasteiger partial charge is 0.337 e. The molecule has 8 nitrogen and oxygen atoms in total. The van der Waals surface area contributed by atoms with E-state index in [-0.39, 0.29) is 29.2 Å². The summed E-state index contributed by atoms with van der Waals surface area (Å²) < 4.78 is 33.5. The minimum atomic E-state index is -3.92. The molecule has 0 heterocycles. The van der Waals surface area contributed by atoms with Crippen LogP contribution >= 0.6 is 0 Å². The van der Waals surface area contributed by atoms with Gasteiger partial charge in [-0.05, 0) is 60.0 Å². The summed E-state index contributed by atoms with van der Waals surface area (Å²) in [6.07, 6.45) is -1.41. The number of aliphatic hydroxyl groups is 1. The van der Waals surface area contributed by atoms with Crippen LogP contribution in [0.1, 0.15) is 22.8 Å². The molecule has 4 aromatic rings. The number of fused-ring (bicyclic) bond motifs is 1. The predicted molar refractivity (Wildman–Crippen MR) is 145 cm³/mol. The van der Waals surface area contributed by atoms with Crippen molar-refractivity contribution in [2.75, 3.05) is 11.3 Å². The van der Waals surface area contributed by atoms with E-state index in [0.29, 0.717) is 0 Å². The van der Waals surface area contributed by atoms with Gasteiger partial charge in [0.25, 0.3) is 15.9 Å². The molecule has 0 radical (unpaired) electrons. The Kier molecular flexibility index (Phi) is 8.40. The Morgan fingerprint density at radius 2 is 1.58 bits per heavy atom. The fraction of sp³-hybridized carbons (Fsp3) is 0.172. The standard InChI is InChI=1S/C29H28N2O6S/c1-2-37-29(34)27(32)26(17-20-9-4-3-5-10-20)30-28(33)23-13-8-14-24(18-23)31-38(35,36)25-16-15-21-11-6-7-12-22(21)19-25/h3-16,18-19,26-27,31-32H,2,17H2,1H3,(H,30,33). The van der Waals surface area contributed by atoms with E-state index in [1.165, 1.54) is 24.3 Å². The second-order valence-corrected chi connectivity index (χ2v) is 10.3. The summed E-state index contributed by atoms with van der Waals surface area (Å²) in [4.78, 5) is 25.4. The monoisotopic (exact) mass is 532 g/mol. The van der Waals surface area contributed by atoms with Crippen LogP contribution < -0.4 is 10.0 Å². The molecule has 4 rings (SSSR count). The molecule has 0 aliphatic heterocycles. The van der Waals surface area contributed by atoms with Crippen LogP contribution in [0.5, 0.6) is 0 Å². The number of nitrogens with one attached hydrogen (secondary N) is 2. The van der Waals surface area contributed by atoms with E-state index < -0.39 is 34.0 Å². The lowest BCUT2D eigenvalue weighted by Gasteiger charge is -2.23. The largest absolute Gasteiger partial charge is 0.464 e.